The number of amides is 2. The number of benzene rings is 2. The van der Waals surface area contributed by atoms with Crippen molar-refractivity contribution < 1.29 is 23.5 Å². The van der Waals surface area contributed by atoms with Gasteiger partial charge in [0.15, 0.2) is 6.61 Å². The Labute approximate surface area is 201 Å². The van der Waals surface area contributed by atoms with Crippen molar-refractivity contribution in [3.8, 4) is 0 Å². The predicted molar refractivity (Wildman–Crippen MR) is 131 cm³/mol. The molecule has 0 radical (unpaired) electrons. The summed E-state index contributed by atoms with van der Waals surface area (Å²) in [6.07, 6.45) is 6.07. The van der Waals surface area contributed by atoms with Gasteiger partial charge in [0.25, 0.3) is 11.8 Å². The number of hydrogen-bond donors (Lipinski definition) is 1. The third-order valence-corrected chi connectivity index (χ3v) is 5.29. The van der Waals surface area contributed by atoms with Crippen LogP contribution in [0.25, 0.3) is 17.0 Å². The Morgan fingerprint density at radius 1 is 1.03 bits per heavy atom. The second kappa shape index (κ2) is 10.9. The van der Waals surface area contributed by atoms with Crippen LogP contribution in [0.15, 0.2) is 89.7 Å². The molecule has 8 nitrogen and oxygen atoms in total. The summed E-state index contributed by atoms with van der Waals surface area (Å²) < 4.78 is 10.3. The number of aromatic nitrogens is 1. The molecule has 176 valence electrons. The van der Waals surface area contributed by atoms with Crippen molar-refractivity contribution in [2.45, 2.75) is 6.54 Å². The Hall–Kier alpha value is -4.72. The van der Waals surface area contributed by atoms with Gasteiger partial charge < -0.3 is 19.4 Å². The molecule has 0 spiro atoms. The van der Waals surface area contributed by atoms with E-state index >= 15 is 0 Å². The molecular weight excluding hydrogens is 446 g/mol. The summed E-state index contributed by atoms with van der Waals surface area (Å²) in [5, 5.41) is 3.71. The molecule has 0 aliphatic heterocycles. The molecule has 0 unspecified atom stereocenters. The lowest BCUT2D eigenvalue weighted by Gasteiger charge is -2.20. The molecule has 0 saturated heterocycles. The number of fused-ring (bicyclic) bond motifs is 1. The number of rotatable bonds is 8. The van der Waals surface area contributed by atoms with Gasteiger partial charge in [0.1, 0.15) is 5.76 Å². The zero-order valence-electron chi connectivity index (χ0n) is 19.0. The minimum absolute atomic E-state index is 0.216. The molecule has 0 bridgehead atoms. The predicted octanol–water partition coefficient (Wildman–Crippen LogP) is 3.98. The second-order valence-corrected chi connectivity index (χ2v) is 7.60. The van der Waals surface area contributed by atoms with Crippen LogP contribution in [0.1, 0.15) is 21.7 Å². The molecule has 0 atom stereocenters. The highest BCUT2D eigenvalue weighted by molar-refractivity contribution is 6.05. The van der Waals surface area contributed by atoms with Gasteiger partial charge in [-0.05, 0) is 36.4 Å². The van der Waals surface area contributed by atoms with E-state index in [0.717, 1.165) is 16.5 Å². The largest absolute Gasteiger partial charge is 0.467 e. The number of likely N-dealkylation sites (N-methyl/N-ethyl adjacent to an activating group) is 1. The number of nitrogens with one attached hydrogen (secondary N) is 1. The zero-order chi connectivity index (χ0) is 24.6. The summed E-state index contributed by atoms with van der Waals surface area (Å²) in [6.45, 7) is -0.260. The maximum Gasteiger partial charge on any atom is 0.331 e. The molecule has 0 aliphatic carbocycles. The molecular formula is C27H23N3O5. The smallest absolute Gasteiger partial charge is 0.331 e. The van der Waals surface area contributed by atoms with E-state index in [2.05, 4.69) is 10.3 Å². The van der Waals surface area contributed by atoms with Gasteiger partial charge >= 0.3 is 5.97 Å². The number of hydrogen-bond acceptors (Lipinski definition) is 6. The topological polar surface area (TPSA) is 102 Å². The third-order valence-electron chi connectivity index (χ3n) is 5.29. The molecule has 4 rings (SSSR count). The summed E-state index contributed by atoms with van der Waals surface area (Å²) in [4.78, 5) is 43.2. The molecule has 0 aliphatic rings. The van der Waals surface area contributed by atoms with E-state index in [4.69, 9.17) is 9.15 Å². The van der Waals surface area contributed by atoms with E-state index in [0.29, 0.717) is 17.0 Å². The van der Waals surface area contributed by atoms with Crippen LogP contribution in [0.2, 0.25) is 0 Å². The molecule has 0 fully saturated rings. The number of carbonyl (C=O) groups is 3. The fourth-order valence-corrected chi connectivity index (χ4v) is 3.47. The van der Waals surface area contributed by atoms with Crippen molar-refractivity contribution in [1.29, 1.82) is 0 Å². The molecule has 0 saturated carbocycles. The zero-order valence-corrected chi connectivity index (χ0v) is 19.0. The standard InChI is InChI=1S/C27H23N3O5/c1-30(23-12-3-2-11-22(23)27(33)29-17-21-10-6-16-34-21)24(31)18-35-25(32)14-13-20-8-4-7-19-9-5-15-28-26(19)20/h2-16H,17-18H2,1H3,(H,29,33)/b14-13+. The molecule has 1 N–H and O–H groups in total. The van der Waals surface area contributed by atoms with Crippen LogP contribution in [0, 0.1) is 0 Å². The first kappa shape index (κ1) is 23.4. The van der Waals surface area contributed by atoms with Gasteiger partial charge in [0, 0.05) is 30.3 Å². The molecule has 4 aromatic rings. The fraction of sp³-hybridized carbons (Fsp3) is 0.111. The van der Waals surface area contributed by atoms with Crippen LogP contribution in [0.3, 0.4) is 0 Å². The maximum absolute atomic E-state index is 12.7. The SMILES string of the molecule is CN(C(=O)COC(=O)/C=C/c1cccc2cccnc12)c1ccccc1C(=O)NCc1ccco1. The van der Waals surface area contributed by atoms with E-state index in [1.807, 2.05) is 30.3 Å². The highest BCUT2D eigenvalue weighted by atomic mass is 16.5. The van der Waals surface area contributed by atoms with Gasteiger partial charge in [-0.2, -0.15) is 0 Å². The van der Waals surface area contributed by atoms with Gasteiger partial charge in [0.05, 0.1) is 29.6 Å². The molecule has 2 heterocycles. The number of furan rings is 1. The average molecular weight is 469 g/mol. The highest BCUT2D eigenvalue weighted by Crippen LogP contribution is 2.20. The normalized spacial score (nSPS) is 10.9. The van der Waals surface area contributed by atoms with Gasteiger partial charge in [-0.1, -0.05) is 36.4 Å². The van der Waals surface area contributed by atoms with Crippen molar-refractivity contribution in [2.24, 2.45) is 0 Å². The number of esters is 1. The Morgan fingerprint density at radius 2 is 1.86 bits per heavy atom. The summed E-state index contributed by atoms with van der Waals surface area (Å²) >= 11 is 0. The van der Waals surface area contributed by atoms with E-state index < -0.39 is 18.5 Å². The van der Waals surface area contributed by atoms with Gasteiger partial charge in [-0.25, -0.2) is 4.79 Å². The van der Waals surface area contributed by atoms with Crippen LogP contribution in [-0.2, 0) is 20.9 Å². The van der Waals surface area contributed by atoms with E-state index in [9.17, 15) is 14.4 Å². The number of nitrogens with zero attached hydrogens (tertiary/aromatic N) is 2. The molecule has 2 amide bonds. The van der Waals surface area contributed by atoms with Crippen LogP contribution in [0.5, 0.6) is 0 Å². The van der Waals surface area contributed by atoms with Crippen molar-refractivity contribution in [3.05, 3.63) is 102 Å². The van der Waals surface area contributed by atoms with E-state index in [1.54, 1.807) is 48.7 Å². The summed E-state index contributed by atoms with van der Waals surface area (Å²) in [5.74, 6) is -0.895. The lowest BCUT2D eigenvalue weighted by Crippen LogP contribution is -2.33. The summed E-state index contributed by atoms with van der Waals surface area (Å²) in [6, 6.07) is 19.6. The summed E-state index contributed by atoms with van der Waals surface area (Å²) in [5.41, 5.74) is 2.22. The van der Waals surface area contributed by atoms with Crippen molar-refractivity contribution in [1.82, 2.24) is 10.3 Å². The number of anilines is 1. The maximum atomic E-state index is 12.7. The van der Waals surface area contributed by atoms with Crippen molar-refractivity contribution in [2.75, 3.05) is 18.6 Å². The Morgan fingerprint density at radius 3 is 2.69 bits per heavy atom. The first-order chi connectivity index (χ1) is 17.0. The summed E-state index contributed by atoms with van der Waals surface area (Å²) in [7, 11) is 1.52. The molecule has 8 heteroatoms. The number of pyridine rings is 1. The number of ether oxygens (including phenoxy) is 1. The Bertz CT molecular complexity index is 1370. The van der Waals surface area contributed by atoms with Crippen LogP contribution < -0.4 is 10.2 Å². The van der Waals surface area contributed by atoms with E-state index in [-0.39, 0.29) is 12.5 Å². The molecule has 35 heavy (non-hydrogen) atoms. The number of carbonyl (C=O) groups excluding carboxylic acids is 3. The lowest BCUT2D eigenvalue weighted by molar-refractivity contribution is -0.142. The molecule has 2 aromatic carbocycles. The van der Waals surface area contributed by atoms with Crippen molar-refractivity contribution >= 4 is 40.4 Å². The lowest BCUT2D eigenvalue weighted by atomic mass is 10.1. The molecule has 2 aromatic heterocycles. The quantitative estimate of drug-likeness (QED) is 0.309. The average Bonchev–Trinajstić information content (AvgIpc) is 3.42. The van der Waals surface area contributed by atoms with Gasteiger partial charge in [-0.15, -0.1) is 0 Å². The fourth-order valence-electron chi connectivity index (χ4n) is 3.47. The first-order valence-corrected chi connectivity index (χ1v) is 10.9. The second-order valence-electron chi connectivity index (χ2n) is 7.60. The van der Waals surface area contributed by atoms with Gasteiger partial charge in [0.2, 0.25) is 0 Å². The van der Waals surface area contributed by atoms with Crippen molar-refractivity contribution in [3.63, 3.8) is 0 Å². The Balaban J connectivity index is 1.36. The highest BCUT2D eigenvalue weighted by Gasteiger charge is 2.19. The van der Waals surface area contributed by atoms with Gasteiger partial charge in [-0.3, -0.25) is 14.6 Å². The minimum Gasteiger partial charge on any atom is -0.467 e. The monoisotopic (exact) mass is 469 g/mol. The minimum atomic E-state index is -0.663. The Kier molecular flexibility index (Phi) is 7.32. The van der Waals surface area contributed by atoms with Crippen LogP contribution >= 0.6 is 0 Å². The van der Waals surface area contributed by atoms with Crippen LogP contribution in [-0.4, -0.2) is 36.4 Å². The van der Waals surface area contributed by atoms with Crippen LogP contribution in [0.4, 0.5) is 5.69 Å². The first-order valence-electron chi connectivity index (χ1n) is 10.9. The van der Waals surface area contributed by atoms with E-state index in [1.165, 1.54) is 24.3 Å². The third kappa shape index (κ3) is 5.80. The number of para-hydroxylation sites is 2.